The summed E-state index contributed by atoms with van der Waals surface area (Å²) < 4.78 is 11.2. The molecule has 2 N–H and O–H groups in total. The first-order chi connectivity index (χ1) is 11.1. The molecule has 0 aliphatic carbocycles. The second-order valence-electron chi connectivity index (χ2n) is 5.97. The van der Waals surface area contributed by atoms with E-state index in [-0.39, 0.29) is 0 Å². The lowest BCUT2D eigenvalue weighted by molar-refractivity contribution is 0.299. The van der Waals surface area contributed by atoms with E-state index in [1.54, 1.807) is 7.11 Å². The van der Waals surface area contributed by atoms with Crippen LogP contribution in [-0.4, -0.2) is 20.3 Å². The van der Waals surface area contributed by atoms with Gasteiger partial charge in [0.15, 0.2) is 0 Å². The van der Waals surface area contributed by atoms with Gasteiger partial charge in [-0.1, -0.05) is 24.3 Å². The third-order valence-electron chi connectivity index (χ3n) is 4.15. The maximum absolute atomic E-state index is 5.95. The van der Waals surface area contributed by atoms with Gasteiger partial charge in [0.25, 0.3) is 0 Å². The number of benzene rings is 2. The Bertz CT molecular complexity index is 625. The number of rotatable bonds is 8. The molecule has 0 saturated heterocycles. The highest BCUT2D eigenvalue weighted by molar-refractivity contribution is 5.36. The van der Waals surface area contributed by atoms with Crippen LogP contribution >= 0.6 is 0 Å². The van der Waals surface area contributed by atoms with E-state index in [0.717, 1.165) is 24.3 Å². The van der Waals surface area contributed by atoms with Gasteiger partial charge in [-0.15, -0.1) is 0 Å². The molecule has 1 unspecified atom stereocenters. The monoisotopic (exact) mass is 313 g/mol. The first kappa shape index (κ1) is 17.4. The molecule has 124 valence electrons. The van der Waals surface area contributed by atoms with Crippen LogP contribution < -0.4 is 15.2 Å². The second kappa shape index (κ2) is 8.59. The normalized spacial score (nSPS) is 12.0. The van der Waals surface area contributed by atoms with Crippen LogP contribution in [0.5, 0.6) is 11.5 Å². The summed E-state index contributed by atoms with van der Waals surface area (Å²) in [6, 6.07) is 14.5. The maximum atomic E-state index is 5.95. The highest BCUT2D eigenvalue weighted by Gasteiger charge is 2.10. The Morgan fingerprint density at radius 3 is 2.65 bits per heavy atom. The summed E-state index contributed by atoms with van der Waals surface area (Å²) in [5.74, 6) is 2.20. The van der Waals surface area contributed by atoms with Crippen LogP contribution in [0.4, 0.5) is 0 Å². The van der Waals surface area contributed by atoms with Crippen LogP contribution in [0.15, 0.2) is 42.5 Å². The summed E-state index contributed by atoms with van der Waals surface area (Å²) in [6.07, 6.45) is 1.99. The summed E-state index contributed by atoms with van der Waals surface area (Å²) in [5, 5.41) is 0. The molecule has 0 spiro atoms. The van der Waals surface area contributed by atoms with Crippen molar-refractivity contribution >= 4 is 0 Å². The Hall–Kier alpha value is -2.00. The van der Waals surface area contributed by atoms with Gasteiger partial charge in [0.05, 0.1) is 13.7 Å². The van der Waals surface area contributed by atoms with Crippen molar-refractivity contribution in [3.63, 3.8) is 0 Å². The minimum Gasteiger partial charge on any atom is -0.497 e. The van der Waals surface area contributed by atoms with Crippen LogP contribution in [0, 0.1) is 13.8 Å². The Morgan fingerprint density at radius 1 is 1.09 bits per heavy atom. The minimum absolute atomic E-state index is 0.340. The molecule has 0 bridgehead atoms. The molecular weight excluding hydrogens is 286 g/mol. The maximum Gasteiger partial charge on any atom is 0.122 e. The zero-order chi connectivity index (χ0) is 16.7. The van der Waals surface area contributed by atoms with Crippen LogP contribution in [0.25, 0.3) is 0 Å². The first-order valence-electron chi connectivity index (χ1n) is 8.18. The predicted molar refractivity (Wildman–Crippen MR) is 95.4 cm³/mol. The standard InChI is InChI=1S/C20H27NO2/c1-15-9-10-16(2)20(12-15)23-11-5-7-18(14-21)17-6-4-8-19(13-17)22-3/h4,6,8-10,12-13,18H,5,7,11,14,21H2,1-3H3. The number of hydrogen-bond donors (Lipinski definition) is 1. The predicted octanol–water partition coefficient (Wildman–Crippen LogP) is 4.21. The smallest absolute Gasteiger partial charge is 0.122 e. The van der Waals surface area contributed by atoms with Gasteiger partial charge in [0.1, 0.15) is 11.5 Å². The molecule has 2 aromatic rings. The molecule has 2 aromatic carbocycles. The summed E-state index contributed by atoms with van der Waals surface area (Å²) in [6.45, 7) is 5.51. The molecule has 23 heavy (non-hydrogen) atoms. The van der Waals surface area contributed by atoms with E-state index in [2.05, 4.69) is 44.2 Å². The molecular formula is C20H27NO2. The Kier molecular flexibility index (Phi) is 6.48. The third-order valence-corrected chi connectivity index (χ3v) is 4.15. The fourth-order valence-electron chi connectivity index (χ4n) is 2.69. The van der Waals surface area contributed by atoms with E-state index in [0.29, 0.717) is 19.1 Å². The van der Waals surface area contributed by atoms with Crippen molar-refractivity contribution in [3.05, 3.63) is 59.2 Å². The summed E-state index contributed by atoms with van der Waals surface area (Å²) in [7, 11) is 1.69. The molecule has 0 radical (unpaired) electrons. The van der Waals surface area contributed by atoms with E-state index >= 15 is 0 Å². The van der Waals surface area contributed by atoms with Gasteiger partial charge in [0.2, 0.25) is 0 Å². The largest absolute Gasteiger partial charge is 0.497 e. The molecule has 3 heteroatoms. The molecule has 0 saturated carbocycles. The third kappa shape index (κ3) is 5.00. The molecule has 0 fully saturated rings. The molecule has 0 heterocycles. The number of ether oxygens (including phenoxy) is 2. The summed E-state index contributed by atoms with van der Waals surface area (Å²) in [5.41, 5.74) is 9.59. The molecule has 3 nitrogen and oxygen atoms in total. The van der Waals surface area contributed by atoms with Crippen LogP contribution in [-0.2, 0) is 0 Å². The average molecular weight is 313 g/mol. The lowest BCUT2D eigenvalue weighted by Gasteiger charge is -2.16. The number of methoxy groups -OCH3 is 1. The van der Waals surface area contributed by atoms with Gasteiger partial charge in [-0.25, -0.2) is 0 Å². The highest BCUT2D eigenvalue weighted by Crippen LogP contribution is 2.25. The lowest BCUT2D eigenvalue weighted by Crippen LogP contribution is -2.14. The van der Waals surface area contributed by atoms with Gasteiger partial charge in [0, 0.05) is 0 Å². The van der Waals surface area contributed by atoms with Crippen molar-refractivity contribution in [2.75, 3.05) is 20.3 Å². The van der Waals surface area contributed by atoms with Gasteiger partial charge in [-0.05, 0) is 74.0 Å². The summed E-state index contributed by atoms with van der Waals surface area (Å²) in [4.78, 5) is 0. The van der Waals surface area contributed by atoms with E-state index in [1.165, 1.54) is 16.7 Å². The molecule has 0 aromatic heterocycles. The van der Waals surface area contributed by atoms with Crippen LogP contribution in [0.1, 0.15) is 35.4 Å². The van der Waals surface area contributed by atoms with Crippen molar-refractivity contribution in [3.8, 4) is 11.5 Å². The van der Waals surface area contributed by atoms with Gasteiger partial charge in [-0.3, -0.25) is 0 Å². The minimum atomic E-state index is 0.340. The zero-order valence-electron chi connectivity index (χ0n) is 14.3. The van der Waals surface area contributed by atoms with Crippen molar-refractivity contribution in [1.82, 2.24) is 0 Å². The van der Waals surface area contributed by atoms with Gasteiger partial charge in [-0.2, -0.15) is 0 Å². The van der Waals surface area contributed by atoms with Gasteiger partial charge >= 0.3 is 0 Å². The second-order valence-corrected chi connectivity index (χ2v) is 5.97. The molecule has 0 amide bonds. The van der Waals surface area contributed by atoms with E-state index in [4.69, 9.17) is 15.2 Å². The van der Waals surface area contributed by atoms with Crippen molar-refractivity contribution in [2.45, 2.75) is 32.6 Å². The SMILES string of the molecule is COc1cccc(C(CN)CCCOc2cc(C)ccc2C)c1. The molecule has 0 aliphatic rings. The Balaban J connectivity index is 1.87. The number of hydrogen-bond acceptors (Lipinski definition) is 3. The highest BCUT2D eigenvalue weighted by atomic mass is 16.5. The van der Waals surface area contributed by atoms with E-state index in [9.17, 15) is 0 Å². The van der Waals surface area contributed by atoms with Crippen molar-refractivity contribution in [1.29, 1.82) is 0 Å². The van der Waals surface area contributed by atoms with Crippen LogP contribution in [0.3, 0.4) is 0 Å². The molecule has 1 atom stereocenters. The molecule has 2 rings (SSSR count). The lowest BCUT2D eigenvalue weighted by atomic mass is 9.94. The van der Waals surface area contributed by atoms with Gasteiger partial charge < -0.3 is 15.2 Å². The van der Waals surface area contributed by atoms with Crippen molar-refractivity contribution < 1.29 is 9.47 Å². The summed E-state index contributed by atoms with van der Waals surface area (Å²) >= 11 is 0. The molecule has 0 aliphatic heterocycles. The average Bonchev–Trinajstić information content (AvgIpc) is 2.58. The van der Waals surface area contributed by atoms with E-state index in [1.807, 2.05) is 12.1 Å². The topological polar surface area (TPSA) is 44.5 Å². The fraction of sp³-hybridized carbons (Fsp3) is 0.400. The number of nitrogens with two attached hydrogens (primary N) is 1. The Labute approximate surface area is 139 Å². The fourth-order valence-corrected chi connectivity index (χ4v) is 2.69. The van der Waals surface area contributed by atoms with Crippen molar-refractivity contribution in [2.24, 2.45) is 5.73 Å². The number of aryl methyl sites for hydroxylation is 2. The first-order valence-corrected chi connectivity index (χ1v) is 8.18. The van der Waals surface area contributed by atoms with Crippen LogP contribution in [0.2, 0.25) is 0 Å². The zero-order valence-corrected chi connectivity index (χ0v) is 14.3. The Morgan fingerprint density at radius 2 is 1.91 bits per heavy atom. The quantitative estimate of drug-likeness (QED) is 0.742. The van der Waals surface area contributed by atoms with E-state index < -0.39 is 0 Å².